The fraction of sp³-hybridized carbons (Fsp3) is 0.333. The summed E-state index contributed by atoms with van der Waals surface area (Å²) < 4.78 is 56.5. The van der Waals surface area contributed by atoms with Crippen LogP contribution in [0, 0.1) is 12.0 Å². The Bertz CT molecular complexity index is 1280. The molecular formula is C24H21F3N4O4. The number of methoxy groups -OCH3 is 1. The van der Waals surface area contributed by atoms with Crippen LogP contribution in [-0.4, -0.2) is 40.8 Å². The zero-order valence-corrected chi connectivity index (χ0v) is 19.1. The molecule has 0 radical (unpaired) electrons. The van der Waals surface area contributed by atoms with E-state index in [1.807, 2.05) is 0 Å². The maximum absolute atomic E-state index is 13.3. The standard InChI is InChI=1S/C24H21F3N4O4/c1-23(2)13-31(12-19-29-30-21(35-19)14-5-7-15(33-4)8-6-14)22(32)20(23)34-16-9-10-18(28-3)17(11-16)24(25,26)27/h5-11,20H,12-13H2,1-2,4H3. The second-order valence-electron chi connectivity index (χ2n) is 8.70. The first-order valence-corrected chi connectivity index (χ1v) is 10.5. The van der Waals surface area contributed by atoms with Gasteiger partial charge in [-0.2, -0.15) is 13.2 Å². The third-order valence-corrected chi connectivity index (χ3v) is 5.62. The van der Waals surface area contributed by atoms with Crippen molar-refractivity contribution >= 4 is 11.6 Å². The topological polar surface area (TPSA) is 82.0 Å². The molecule has 1 unspecified atom stereocenters. The van der Waals surface area contributed by atoms with E-state index < -0.39 is 34.9 Å². The van der Waals surface area contributed by atoms with Crippen molar-refractivity contribution in [3.8, 4) is 23.0 Å². The lowest BCUT2D eigenvalue weighted by Crippen LogP contribution is -2.36. The lowest BCUT2D eigenvalue weighted by Gasteiger charge is -2.24. The van der Waals surface area contributed by atoms with Crippen LogP contribution in [0.2, 0.25) is 0 Å². The maximum Gasteiger partial charge on any atom is 0.407 e. The molecule has 0 bridgehead atoms. The van der Waals surface area contributed by atoms with Gasteiger partial charge in [0.05, 0.1) is 25.8 Å². The van der Waals surface area contributed by atoms with E-state index in [0.717, 1.165) is 12.1 Å². The van der Waals surface area contributed by atoms with Gasteiger partial charge in [0, 0.05) is 17.5 Å². The lowest BCUT2D eigenvalue weighted by molar-refractivity contribution is -0.137. The Balaban J connectivity index is 1.50. The molecule has 2 heterocycles. The number of aromatic nitrogens is 2. The number of carbonyl (C=O) groups is 1. The highest BCUT2D eigenvalue weighted by Crippen LogP contribution is 2.40. The summed E-state index contributed by atoms with van der Waals surface area (Å²) in [5.74, 6) is 0.609. The third kappa shape index (κ3) is 4.91. The smallest absolute Gasteiger partial charge is 0.407 e. The summed E-state index contributed by atoms with van der Waals surface area (Å²) in [6.45, 7) is 10.8. The summed E-state index contributed by atoms with van der Waals surface area (Å²) >= 11 is 0. The van der Waals surface area contributed by atoms with E-state index >= 15 is 0 Å². The molecule has 1 saturated heterocycles. The number of halogens is 3. The monoisotopic (exact) mass is 486 g/mol. The molecule has 1 atom stereocenters. The summed E-state index contributed by atoms with van der Waals surface area (Å²) in [5, 5.41) is 8.04. The molecule has 2 aromatic carbocycles. The van der Waals surface area contributed by atoms with E-state index in [1.54, 1.807) is 45.2 Å². The van der Waals surface area contributed by atoms with Crippen LogP contribution in [0.5, 0.6) is 11.5 Å². The Labute approximate surface area is 199 Å². The molecule has 35 heavy (non-hydrogen) atoms. The Morgan fingerprint density at radius 1 is 1.17 bits per heavy atom. The minimum absolute atomic E-state index is 0.0236. The van der Waals surface area contributed by atoms with Crippen LogP contribution in [0.4, 0.5) is 18.9 Å². The Kier molecular flexibility index (Phi) is 6.15. The van der Waals surface area contributed by atoms with Crippen LogP contribution in [0.1, 0.15) is 25.3 Å². The van der Waals surface area contributed by atoms with Gasteiger partial charge >= 0.3 is 6.18 Å². The number of amides is 1. The normalized spacial score (nSPS) is 17.3. The average Bonchev–Trinajstić information content (AvgIpc) is 3.36. The summed E-state index contributed by atoms with van der Waals surface area (Å²) in [7, 11) is 1.56. The fourth-order valence-corrected chi connectivity index (χ4v) is 3.88. The minimum Gasteiger partial charge on any atom is -0.497 e. The van der Waals surface area contributed by atoms with Gasteiger partial charge < -0.3 is 18.8 Å². The van der Waals surface area contributed by atoms with E-state index in [1.165, 1.54) is 11.0 Å². The van der Waals surface area contributed by atoms with Gasteiger partial charge in [0.25, 0.3) is 5.91 Å². The average molecular weight is 486 g/mol. The second kappa shape index (κ2) is 8.94. The molecule has 1 amide bonds. The van der Waals surface area contributed by atoms with Crippen molar-refractivity contribution in [2.24, 2.45) is 5.41 Å². The van der Waals surface area contributed by atoms with Crippen LogP contribution in [0.15, 0.2) is 46.9 Å². The molecule has 182 valence electrons. The van der Waals surface area contributed by atoms with Crippen LogP contribution >= 0.6 is 0 Å². The molecule has 1 aliphatic heterocycles. The van der Waals surface area contributed by atoms with Gasteiger partial charge in [-0.15, -0.1) is 10.2 Å². The van der Waals surface area contributed by atoms with Gasteiger partial charge in [-0.1, -0.05) is 19.9 Å². The van der Waals surface area contributed by atoms with Crippen molar-refractivity contribution < 1.29 is 31.9 Å². The van der Waals surface area contributed by atoms with Crippen LogP contribution in [0.3, 0.4) is 0 Å². The molecular weight excluding hydrogens is 465 g/mol. The van der Waals surface area contributed by atoms with E-state index in [2.05, 4.69) is 15.0 Å². The van der Waals surface area contributed by atoms with E-state index in [9.17, 15) is 18.0 Å². The molecule has 0 N–H and O–H groups in total. The van der Waals surface area contributed by atoms with Crippen molar-refractivity contribution in [1.82, 2.24) is 15.1 Å². The van der Waals surface area contributed by atoms with Gasteiger partial charge in [-0.05, 0) is 36.4 Å². The summed E-state index contributed by atoms with van der Waals surface area (Å²) in [4.78, 5) is 17.5. The Hall–Kier alpha value is -4.07. The number of ether oxygens (including phenoxy) is 2. The Morgan fingerprint density at radius 3 is 2.49 bits per heavy atom. The quantitative estimate of drug-likeness (QED) is 0.450. The fourth-order valence-electron chi connectivity index (χ4n) is 3.88. The Morgan fingerprint density at radius 2 is 1.86 bits per heavy atom. The molecule has 0 spiro atoms. The van der Waals surface area contributed by atoms with Gasteiger partial charge in [0.2, 0.25) is 11.8 Å². The van der Waals surface area contributed by atoms with E-state index in [0.29, 0.717) is 11.3 Å². The predicted octanol–water partition coefficient (Wildman–Crippen LogP) is 5.13. The number of hydrogen-bond donors (Lipinski definition) is 0. The van der Waals surface area contributed by atoms with Crippen molar-refractivity contribution in [3.05, 3.63) is 65.3 Å². The number of benzene rings is 2. The van der Waals surface area contributed by atoms with Crippen molar-refractivity contribution in [2.75, 3.05) is 13.7 Å². The van der Waals surface area contributed by atoms with Crippen molar-refractivity contribution in [3.63, 3.8) is 0 Å². The molecule has 8 nitrogen and oxygen atoms in total. The number of alkyl halides is 3. The predicted molar refractivity (Wildman–Crippen MR) is 118 cm³/mol. The van der Waals surface area contributed by atoms with Crippen LogP contribution in [0.25, 0.3) is 16.3 Å². The van der Waals surface area contributed by atoms with Crippen LogP contribution in [-0.2, 0) is 17.5 Å². The third-order valence-electron chi connectivity index (χ3n) is 5.62. The molecule has 0 saturated carbocycles. The van der Waals surface area contributed by atoms with Crippen molar-refractivity contribution in [1.29, 1.82) is 0 Å². The van der Waals surface area contributed by atoms with E-state index in [-0.39, 0.29) is 30.6 Å². The molecule has 0 aliphatic carbocycles. The maximum atomic E-state index is 13.3. The van der Waals surface area contributed by atoms with Gasteiger partial charge in [-0.25, -0.2) is 4.85 Å². The minimum atomic E-state index is -4.72. The van der Waals surface area contributed by atoms with Gasteiger partial charge in [0.1, 0.15) is 11.5 Å². The summed E-state index contributed by atoms with van der Waals surface area (Å²) in [6, 6.07) is 10.1. The molecule has 1 fully saturated rings. The first-order chi connectivity index (χ1) is 16.5. The largest absolute Gasteiger partial charge is 0.497 e. The molecule has 1 aromatic heterocycles. The number of nitrogens with zero attached hydrogens (tertiary/aromatic N) is 4. The zero-order chi connectivity index (χ0) is 25.4. The lowest BCUT2D eigenvalue weighted by atomic mass is 9.89. The van der Waals surface area contributed by atoms with E-state index in [4.69, 9.17) is 20.5 Å². The first kappa shape index (κ1) is 24.1. The second-order valence-corrected chi connectivity index (χ2v) is 8.70. The number of rotatable bonds is 6. The number of likely N-dealkylation sites (tertiary alicyclic amines) is 1. The number of hydrogen-bond acceptors (Lipinski definition) is 6. The zero-order valence-electron chi connectivity index (χ0n) is 19.1. The molecule has 3 aromatic rings. The molecule has 4 rings (SSSR count). The van der Waals surface area contributed by atoms with Gasteiger partial charge in [0.15, 0.2) is 11.8 Å². The highest BCUT2D eigenvalue weighted by molar-refractivity contribution is 5.84. The highest BCUT2D eigenvalue weighted by atomic mass is 19.4. The highest BCUT2D eigenvalue weighted by Gasteiger charge is 2.48. The summed E-state index contributed by atoms with van der Waals surface area (Å²) in [5.41, 5.74) is -1.68. The first-order valence-electron chi connectivity index (χ1n) is 10.5. The number of carbonyl (C=O) groups excluding carboxylic acids is 1. The van der Waals surface area contributed by atoms with Crippen LogP contribution < -0.4 is 9.47 Å². The SMILES string of the molecule is [C-]#[N+]c1ccc(OC2C(=O)N(Cc3nnc(-c4ccc(OC)cc4)o3)CC2(C)C)cc1C(F)(F)F. The summed E-state index contributed by atoms with van der Waals surface area (Å²) in [6.07, 6.45) is -5.76. The molecule has 1 aliphatic rings. The van der Waals surface area contributed by atoms with Crippen molar-refractivity contribution in [2.45, 2.75) is 32.7 Å². The molecule has 11 heteroatoms. The van der Waals surface area contributed by atoms with Gasteiger partial charge in [-0.3, -0.25) is 4.79 Å².